The van der Waals surface area contributed by atoms with Crippen molar-refractivity contribution in [3.05, 3.63) is 71.4 Å². The first-order chi connectivity index (χ1) is 12.9. The van der Waals surface area contributed by atoms with Gasteiger partial charge in [-0.05, 0) is 41.7 Å². The number of hydrogen-bond acceptors (Lipinski definition) is 3. The van der Waals surface area contributed by atoms with Gasteiger partial charge in [0.2, 0.25) is 5.91 Å². The summed E-state index contributed by atoms with van der Waals surface area (Å²) >= 11 is 0. The van der Waals surface area contributed by atoms with E-state index in [0.717, 1.165) is 22.5 Å². The molecule has 4 heteroatoms. The van der Waals surface area contributed by atoms with Crippen LogP contribution in [-0.4, -0.2) is 16.8 Å². The van der Waals surface area contributed by atoms with Crippen molar-refractivity contribution in [3.63, 3.8) is 0 Å². The largest absolute Gasteiger partial charge is 0.508 e. The molecule has 27 heavy (non-hydrogen) atoms. The second kappa shape index (κ2) is 6.38. The third kappa shape index (κ3) is 3.16. The standard InChI is InChI=1S/C23H23NO3/c1-23(2)13-19-22(20(26)14-23)18(15-8-10-17(25)11-9-15)12-21(27)24(19)16-6-4-3-5-7-16/h3-11,18,25H,12-14H2,1-2H3/t18-/m0/s1. The van der Waals surface area contributed by atoms with Crippen LogP contribution < -0.4 is 4.90 Å². The minimum absolute atomic E-state index is 0.00326. The summed E-state index contributed by atoms with van der Waals surface area (Å²) in [6.45, 7) is 4.15. The first-order valence-corrected chi connectivity index (χ1v) is 9.29. The van der Waals surface area contributed by atoms with Gasteiger partial charge >= 0.3 is 0 Å². The topological polar surface area (TPSA) is 57.6 Å². The van der Waals surface area contributed by atoms with Crippen LogP contribution in [0, 0.1) is 5.41 Å². The van der Waals surface area contributed by atoms with E-state index in [1.807, 2.05) is 42.5 Å². The second-order valence-corrected chi connectivity index (χ2v) is 8.21. The number of hydrogen-bond donors (Lipinski definition) is 1. The summed E-state index contributed by atoms with van der Waals surface area (Å²) in [6.07, 6.45) is 1.42. The third-order valence-electron chi connectivity index (χ3n) is 5.45. The molecular weight excluding hydrogens is 338 g/mol. The molecule has 4 rings (SSSR count). The molecule has 1 aliphatic carbocycles. The minimum atomic E-state index is -0.253. The molecule has 0 saturated heterocycles. The molecule has 2 aromatic carbocycles. The van der Waals surface area contributed by atoms with Crippen LogP contribution in [0.25, 0.3) is 0 Å². The Morgan fingerprint density at radius 2 is 1.63 bits per heavy atom. The fraction of sp³-hybridized carbons (Fsp3) is 0.304. The molecule has 2 aromatic rings. The first kappa shape index (κ1) is 17.5. The summed E-state index contributed by atoms with van der Waals surface area (Å²) in [5.41, 5.74) is 3.11. The molecule has 4 nitrogen and oxygen atoms in total. The molecule has 0 bridgehead atoms. The van der Waals surface area contributed by atoms with E-state index in [1.54, 1.807) is 17.0 Å². The van der Waals surface area contributed by atoms with E-state index in [2.05, 4.69) is 13.8 Å². The maximum atomic E-state index is 13.1. The van der Waals surface area contributed by atoms with Crippen LogP contribution in [0.2, 0.25) is 0 Å². The number of phenols is 1. The quantitative estimate of drug-likeness (QED) is 0.853. The normalized spacial score (nSPS) is 22.0. The molecule has 2 aliphatic rings. The number of benzene rings is 2. The molecule has 0 unspecified atom stereocenters. The third-order valence-corrected chi connectivity index (χ3v) is 5.45. The van der Waals surface area contributed by atoms with Gasteiger partial charge < -0.3 is 5.11 Å². The number of carbonyl (C=O) groups is 2. The lowest BCUT2D eigenvalue weighted by Gasteiger charge is -2.43. The Balaban J connectivity index is 1.89. The number of allylic oxidation sites excluding steroid dienone is 2. The van der Waals surface area contributed by atoms with Crippen LogP contribution in [-0.2, 0) is 9.59 Å². The summed E-state index contributed by atoms with van der Waals surface area (Å²) in [4.78, 5) is 28.0. The zero-order chi connectivity index (χ0) is 19.2. The number of phenolic OH excluding ortho intramolecular Hbond substituents is 1. The molecule has 1 aliphatic heterocycles. The summed E-state index contributed by atoms with van der Waals surface area (Å²) in [5, 5.41) is 9.60. The summed E-state index contributed by atoms with van der Waals surface area (Å²) < 4.78 is 0. The average molecular weight is 361 g/mol. The van der Waals surface area contributed by atoms with E-state index < -0.39 is 0 Å². The molecule has 0 spiro atoms. The fourth-order valence-electron chi connectivity index (χ4n) is 4.28. The SMILES string of the molecule is CC1(C)CC(=O)C2=C(C1)N(c1ccccc1)C(=O)C[C@H]2c1ccc(O)cc1. The van der Waals surface area contributed by atoms with Crippen molar-refractivity contribution in [2.75, 3.05) is 4.90 Å². The Labute approximate surface area is 159 Å². The van der Waals surface area contributed by atoms with Crippen LogP contribution >= 0.6 is 0 Å². The Bertz CT molecular complexity index is 926. The summed E-state index contributed by atoms with van der Waals surface area (Å²) in [5.74, 6) is 0.0463. The Hall–Kier alpha value is -2.88. The van der Waals surface area contributed by atoms with E-state index in [1.165, 1.54) is 0 Å². The van der Waals surface area contributed by atoms with Crippen molar-refractivity contribution in [1.29, 1.82) is 0 Å². The fourth-order valence-corrected chi connectivity index (χ4v) is 4.28. The number of nitrogens with zero attached hydrogens (tertiary/aromatic N) is 1. The maximum absolute atomic E-state index is 13.1. The van der Waals surface area contributed by atoms with Crippen molar-refractivity contribution in [3.8, 4) is 5.75 Å². The van der Waals surface area contributed by atoms with Crippen LogP contribution in [0.3, 0.4) is 0 Å². The van der Waals surface area contributed by atoms with Crippen molar-refractivity contribution in [2.45, 2.75) is 39.0 Å². The molecule has 0 aromatic heterocycles. The highest BCUT2D eigenvalue weighted by Crippen LogP contribution is 2.48. The predicted octanol–water partition coefficient (Wildman–Crippen LogP) is 4.56. The van der Waals surface area contributed by atoms with E-state index in [-0.39, 0.29) is 35.2 Å². The number of amides is 1. The van der Waals surface area contributed by atoms with E-state index in [9.17, 15) is 14.7 Å². The number of anilines is 1. The van der Waals surface area contributed by atoms with Gasteiger partial charge in [-0.1, -0.05) is 44.2 Å². The van der Waals surface area contributed by atoms with Crippen molar-refractivity contribution >= 4 is 17.4 Å². The number of Topliss-reactive ketones (excluding diaryl/α,β-unsaturated/α-hetero) is 1. The highest BCUT2D eigenvalue weighted by molar-refractivity contribution is 6.07. The Morgan fingerprint density at radius 1 is 0.963 bits per heavy atom. The molecular formula is C23H23NO3. The molecule has 1 amide bonds. The Morgan fingerprint density at radius 3 is 2.30 bits per heavy atom. The lowest BCUT2D eigenvalue weighted by molar-refractivity contribution is -0.121. The van der Waals surface area contributed by atoms with Crippen LogP contribution in [0.5, 0.6) is 5.75 Å². The van der Waals surface area contributed by atoms with Gasteiger partial charge in [-0.3, -0.25) is 14.5 Å². The van der Waals surface area contributed by atoms with Gasteiger partial charge in [0, 0.05) is 35.7 Å². The number of para-hydroxylation sites is 1. The van der Waals surface area contributed by atoms with Crippen LogP contribution in [0.1, 0.15) is 44.6 Å². The van der Waals surface area contributed by atoms with Gasteiger partial charge in [-0.2, -0.15) is 0 Å². The second-order valence-electron chi connectivity index (χ2n) is 8.21. The summed E-state index contributed by atoms with van der Waals surface area (Å²) in [6, 6.07) is 16.4. The van der Waals surface area contributed by atoms with Crippen molar-refractivity contribution < 1.29 is 14.7 Å². The van der Waals surface area contributed by atoms with E-state index in [0.29, 0.717) is 12.8 Å². The summed E-state index contributed by atoms with van der Waals surface area (Å²) in [7, 11) is 0. The van der Waals surface area contributed by atoms with Gasteiger partial charge in [0.15, 0.2) is 5.78 Å². The Kier molecular flexibility index (Phi) is 4.14. The number of aromatic hydroxyl groups is 1. The zero-order valence-electron chi connectivity index (χ0n) is 15.6. The average Bonchev–Trinajstić information content (AvgIpc) is 2.61. The zero-order valence-corrected chi connectivity index (χ0v) is 15.6. The minimum Gasteiger partial charge on any atom is -0.508 e. The van der Waals surface area contributed by atoms with Crippen molar-refractivity contribution in [2.24, 2.45) is 5.41 Å². The monoisotopic (exact) mass is 361 g/mol. The molecule has 0 saturated carbocycles. The van der Waals surface area contributed by atoms with Crippen molar-refractivity contribution in [1.82, 2.24) is 0 Å². The first-order valence-electron chi connectivity index (χ1n) is 9.29. The molecule has 1 atom stereocenters. The lowest BCUT2D eigenvalue weighted by Crippen LogP contribution is -2.43. The van der Waals surface area contributed by atoms with E-state index >= 15 is 0 Å². The number of carbonyl (C=O) groups excluding carboxylic acids is 2. The molecule has 1 N–H and O–H groups in total. The van der Waals surface area contributed by atoms with Crippen LogP contribution in [0.15, 0.2) is 65.9 Å². The van der Waals surface area contributed by atoms with Gasteiger partial charge in [0.05, 0.1) is 0 Å². The maximum Gasteiger partial charge on any atom is 0.232 e. The lowest BCUT2D eigenvalue weighted by atomic mass is 9.69. The molecule has 0 radical (unpaired) electrons. The smallest absolute Gasteiger partial charge is 0.232 e. The highest BCUT2D eigenvalue weighted by atomic mass is 16.3. The number of rotatable bonds is 2. The van der Waals surface area contributed by atoms with Gasteiger partial charge in [-0.15, -0.1) is 0 Å². The predicted molar refractivity (Wildman–Crippen MR) is 104 cm³/mol. The molecule has 0 fully saturated rings. The van der Waals surface area contributed by atoms with Gasteiger partial charge in [-0.25, -0.2) is 0 Å². The number of ketones is 1. The van der Waals surface area contributed by atoms with Crippen LogP contribution in [0.4, 0.5) is 5.69 Å². The highest BCUT2D eigenvalue weighted by Gasteiger charge is 2.44. The van der Waals surface area contributed by atoms with E-state index in [4.69, 9.17) is 0 Å². The van der Waals surface area contributed by atoms with Gasteiger partial charge in [0.25, 0.3) is 0 Å². The molecule has 138 valence electrons. The van der Waals surface area contributed by atoms with Gasteiger partial charge in [0.1, 0.15) is 5.75 Å². The molecule has 1 heterocycles.